The van der Waals surface area contributed by atoms with E-state index in [0.29, 0.717) is 17.9 Å². The molecule has 3 N–H and O–H groups in total. The van der Waals surface area contributed by atoms with E-state index < -0.39 is 0 Å². The van der Waals surface area contributed by atoms with Crippen molar-refractivity contribution >= 4 is 32.8 Å². The van der Waals surface area contributed by atoms with Crippen LogP contribution in [0.3, 0.4) is 0 Å². The Bertz CT molecular complexity index is 785. The Kier molecular flexibility index (Phi) is 8.13. The Balaban J connectivity index is 2.36. The van der Waals surface area contributed by atoms with Crippen LogP contribution in [0, 0.1) is 0 Å². The van der Waals surface area contributed by atoms with Gasteiger partial charge in [-0.15, -0.1) is 0 Å². The fourth-order valence-electron chi connectivity index (χ4n) is 3.46. The molecule has 1 aromatic carbocycles. The minimum absolute atomic E-state index is 0.273. The predicted octanol–water partition coefficient (Wildman–Crippen LogP) is 1.11. The van der Waals surface area contributed by atoms with E-state index in [0.717, 1.165) is 53.8 Å². The second kappa shape index (κ2) is 10.1. The van der Waals surface area contributed by atoms with Crippen LogP contribution in [0.25, 0.3) is 10.9 Å². The van der Waals surface area contributed by atoms with Crippen LogP contribution in [0.15, 0.2) is 16.6 Å². The summed E-state index contributed by atoms with van der Waals surface area (Å²) in [5.74, 6) is 0.435. The van der Waals surface area contributed by atoms with Crippen LogP contribution in [-0.2, 0) is 18.3 Å². The number of benzene rings is 1. The van der Waals surface area contributed by atoms with E-state index in [2.05, 4.69) is 39.7 Å². The van der Waals surface area contributed by atoms with Crippen molar-refractivity contribution in [1.82, 2.24) is 4.57 Å². The summed E-state index contributed by atoms with van der Waals surface area (Å²) in [6.45, 7) is 11.8. The standard InChI is InChI=1S/C20H30BrN3O3/c1-6-24(7-2)10-9-22-13-17-19(20(25)27-8-3)14-11-18(26-5)15(21)12-16(14)23(17)4/h11-12,22H,6-10,13H2,1-5H3/p+2. The lowest BCUT2D eigenvalue weighted by Gasteiger charge is -2.14. The van der Waals surface area contributed by atoms with Gasteiger partial charge in [-0.25, -0.2) is 4.79 Å². The number of carbonyl (C=O) groups excluding carboxylic acids is 1. The van der Waals surface area contributed by atoms with Crippen LogP contribution in [0.2, 0.25) is 0 Å². The van der Waals surface area contributed by atoms with Crippen molar-refractivity contribution in [2.75, 3.05) is 39.9 Å². The number of likely N-dealkylation sites (N-methyl/N-ethyl adjacent to an activating group) is 1. The van der Waals surface area contributed by atoms with Crippen LogP contribution in [0.5, 0.6) is 5.75 Å². The number of nitrogens with two attached hydrogens (primary N) is 1. The molecule has 0 radical (unpaired) electrons. The molecular formula is C20H32BrN3O3+2. The first-order valence-corrected chi connectivity index (χ1v) is 10.4. The first-order valence-electron chi connectivity index (χ1n) is 9.65. The minimum atomic E-state index is -0.273. The van der Waals surface area contributed by atoms with E-state index >= 15 is 0 Å². The summed E-state index contributed by atoms with van der Waals surface area (Å²) in [7, 11) is 3.63. The number of nitrogens with zero attached hydrogens (tertiary/aromatic N) is 1. The van der Waals surface area contributed by atoms with Gasteiger partial charge >= 0.3 is 5.97 Å². The second-order valence-corrected chi connectivity index (χ2v) is 7.45. The third-order valence-electron chi connectivity index (χ3n) is 5.11. The number of nitrogens with one attached hydrogen (secondary N) is 1. The second-order valence-electron chi connectivity index (χ2n) is 6.59. The van der Waals surface area contributed by atoms with Gasteiger partial charge in [0.15, 0.2) is 0 Å². The highest BCUT2D eigenvalue weighted by Crippen LogP contribution is 2.34. The van der Waals surface area contributed by atoms with Gasteiger partial charge in [-0.2, -0.15) is 0 Å². The molecule has 0 saturated carbocycles. The molecule has 0 aliphatic carbocycles. The highest BCUT2D eigenvalue weighted by Gasteiger charge is 2.24. The molecule has 2 rings (SSSR count). The topological polar surface area (TPSA) is 61.5 Å². The van der Waals surface area contributed by atoms with Crippen molar-refractivity contribution in [3.05, 3.63) is 27.9 Å². The lowest BCUT2D eigenvalue weighted by Crippen LogP contribution is -3.14. The molecule has 1 aromatic heterocycles. The van der Waals surface area contributed by atoms with Crippen LogP contribution in [0.4, 0.5) is 0 Å². The van der Waals surface area contributed by atoms with Gasteiger partial charge in [-0.05, 0) is 48.8 Å². The van der Waals surface area contributed by atoms with E-state index in [1.54, 1.807) is 12.0 Å². The molecule has 0 bridgehead atoms. The predicted molar refractivity (Wildman–Crippen MR) is 111 cm³/mol. The van der Waals surface area contributed by atoms with Gasteiger partial charge in [0.1, 0.15) is 25.4 Å². The maximum atomic E-state index is 12.7. The Morgan fingerprint density at radius 1 is 1.26 bits per heavy atom. The van der Waals surface area contributed by atoms with Crippen molar-refractivity contribution in [1.29, 1.82) is 0 Å². The number of hydrogen-bond donors (Lipinski definition) is 2. The van der Waals surface area contributed by atoms with Crippen molar-refractivity contribution < 1.29 is 24.5 Å². The normalized spacial score (nSPS) is 11.4. The largest absolute Gasteiger partial charge is 0.496 e. The molecule has 0 unspecified atom stereocenters. The van der Waals surface area contributed by atoms with E-state index in [-0.39, 0.29) is 5.97 Å². The molecule has 150 valence electrons. The molecular weight excluding hydrogens is 410 g/mol. The molecule has 7 heteroatoms. The third kappa shape index (κ3) is 4.83. The van der Waals surface area contributed by atoms with Crippen molar-refractivity contribution in [2.45, 2.75) is 27.3 Å². The molecule has 6 nitrogen and oxygen atoms in total. The SMILES string of the molecule is CCOC(=O)c1c(C[NH2+]CC[NH+](CC)CC)n(C)c2cc(Br)c(OC)cc12. The van der Waals surface area contributed by atoms with Crippen molar-refractivity contribution in [3.8, 4) is 5.75 Å². The van der Waals surface area contributed by atoms with Gasteiger partial charge in [-0.1, -0.05) is 0 Å². The number of ether oxygens (including phenoxy) is 2. The molecule has 0 saturated heterocycles. The smallest absolute Gasteiger partial charge is 0.340 e. The minimum Gasteiger partial charge on any atom is -0.496 e. The van der Waals surface area contributed by atoms with Crippen LogP contribution >= 0.6 is 15.9 Å². The van der Waals surface area contributed by atoms with Gasteiger partial charge < -0.3 is 24.3 Å². The number of hydrogen-bond acceptors (Lipinski definition) is 3. The summed E-state index contributed by atoms with van der Waals surface area (Å²) in [6.07, 6.45) is 0. The summed E-state index contributed by atoms with van der Waals surface area (Å²) >= 11 is 3.54. The number of fused-ring (bicyclic) bond motifs is 1. The number of methoxy groups -OCH3 is 1. The van der Waals surface area contributed by atoms with E-state index in [1.165, 1.54) is 0 Å². The number of aryl methyl sites for hydroxylation is 1. The van der Waals surface area contributed by atoms with Crippen LogP contribution in [-0.4, -0.2) is 50.4 Å². The summed E-state index contributed by atoms with van der Waals surface area (Å²) in [4.78, 5) is 14.3. The number of rotatable bonds is 10. The number of carbonyl (C=O) groups is 1. The maximum absolute atomic E-state index is 12.7. The van der Waals surface area contributed by atoms with Crippen molar-refractivity contribution in [2.24, 2.45) is 7.05 Å². The number of aromatic nitrogens is 1. The van der Waals surface area contributed by atoms with E-state index in [9.17, 15) is 4.79 Å². The van der Waals surface area contributed by atoms with Gasteiger partial charge in [0.25, 0.3) is 0 Å². The average Bonchev–Trinajstić information content (AvgIpc) is 2.93. The van der Waals surface area contributed by atoms with Gasteiger partial charge in [0, 0.05) is 12.4 Å². The zero-order chi connectivity index (χ0) is 20.0. The highest BCUT2D eigenvalue weighted by molar-refractivity contribution is 9.10. The summed E-state index contributed by atoms with van der Waals surface area (Å²) < 4.78 is 13.7. The fraction of sp³-hybridized carbons (Fsp3) is 0.550. The fourth-order valence-corrected chi connectivity index (χ4v) is 3.96. The molecule has 1 heterocycles. The zero-order valence-corrected chi connectivity index (χ0v) is 18.6. The van der Waals surface area contributed by atoms with E-state index in [4.69, 9.17) is 9.47 Å². The molecule has 0 atom stereocenters. The Morgan fingerprint density at radius 3 is 2.56 bits per heavy atom. The van der Waals surface area contributed by atoms with Gasteiger partial charge in [-0.3, -0.25) is 0 Å². The molecule has 0 spiro atoms. The highest BCUT2D eigenvalue weighted by atomic mass is 79.9. The Labute approximate surface area is 169 Å². The first kappa shape index (κ1) is 21.7. The monoisotopic (exact) mass is 441 g/mol. The Morgan fingerprint density at radius 2 is 1.96 bits per heavy atom. The number of esters is 1. The molecule has 0 aliphatic heterocycles. The Hall–Kier alpha value is -1.57. The summed E-state index contributed by atoms with van der Waals surface area (Å²) in [5, 5.41) is 3.14. The van der Waals surface area contributed by atoms with Gasteiger partial charge in [0.2, 0.25) is 0 Å². The van der Waals surface area contributed by atoms with Gasteiger partial charge in [0.05, 0.1) is 48.1 Å². The molecule has 0 aliphatic rings. The zero-order valence-electron chi connectivity index (χ0n) is 17.0. The molecule has 2 aromatic rings. The van der Waals surface area contributed by atoms with Crippen LogP contribution < -0.4 is 15.0 Å². The first-order chi connectivity index (χ1) is 13.0. The molecule has 27 heavy (non-hydrogen) atoms. The van der Waals surface area contributed by atoms with Crippen LogP contribution in [0.1, 0.15) is 36.8 Å². The summed E-state index contributed by atoms with van der Waals surface area (Å²) in [5.41, 5.74) is 2.62. The average molecular weight is 442 g/mol. The number of halogens is 1. The summed E-state index contributed by atoms with van der Waals surface area (Å²) in [6, 6.07) is 3.91. The molecule has 0 fully saturated rings. The molecule has 0 amide bonds. The lowest BCUT2D eigenvalue weighted by molar-refractivity contribution is -0.910. The van der Waals surface area contributed by atoms with Crippen molar-refractivity contribution in [3.63, 3.8) is 0 Å². The maximum Gasteiger partial charge on any atom is 0.340 e. The number of quaternary nitrogens is 2. The van der Waals surface area contributed by atoms with E-state index in [1.807, 2.05) is 26.1 Å². The third-order valence-corrected chi connectivity index (χ3v) is 5.73. The quantitative estimate of drug-likeness (QED) is 0.428. The lowest BCUT2D eigenvalue weighted by atomic mass is 10.1.